The van der Waals surface area contributed by atoms with E-state index in [1.54, 1.807) is 0 Å². The summed E-state index contributed by atoms with van der Waals surface area (Å²) in [6.07, 6.45) is 6.89. The standard InChI is InChI=1S/C43H48N4/c1-28(2)36-17-11-18-37(29(3)4)41(36)40-26-44-27-47(40)35-16-10-14-33(25-35)23-32-13-9-15-34(24-32)43-45-21-22-46(43)42-38(30(5)6)19-12-20-39(42)31(7)8/h9-22,24-31H,23H2,1-8H3/q-2. The van der Waals surface area contributed by atoms with Gasteiger partial charge in [0.2, 0.25) is 0 Å². The minimum atomic E-state index is 0.407. The summed E-state index contributed by atoms with van der Waals surface area (Å²) in [6.45, 7) is 20.1. The molecule has 1 aromatic heterocycles. The number of nitrogens with zero attached hydrogens (tertiary/aromatic N) is 4. The van der Waals surface area contributed by atoms with E-state index >= 15 is 0 Å². The van der Waals surface area contributed by atoms with Crippen molar-refractivity contribution in [3.05, 3.63) is 154 Å². The predicted molar refractivity (Wildman–Crippen MR) is 197 cm³/mol. The van der Waals surface area contributed by atoms with Crippen molar-refractivity contribution >= 4 is 6.21 Å². The highest BCUT2D eigenvalue weighted by Gasteiger charge is 2.20. The van der Waals surface area contributed by atoms with Crippen LogP contribution in [0.2, 0.25) is 0 Å². The molecular weight excluding hydrogens is 573 g/mol. The van der Waals surface area contributed by atoms with Crippen molar-refractivity contribution in [2.45, 2.75) is 85.5 Å². The zero-order valence-corrected chi connectivity index (χ0v) is 29.2. The van der Waals surface area contributed by atoms with E-state index in [-0.39, 0.29) is 0 Å². The summed E-state index contributed by atoms with van der Waals surface area (Å²) in [6, 6.07) is 32.3. The van der Waals surface area contributed by atoms with Crippen LogP contribution in [0.4, 0.5) is 0 Å². The molecule has 0 aliphatic carbocycles. The van der Waals surface area contributed by atoms with Gasteiger partial charge in [-0.15, -0.1) is 22.5 Å². The molecule has 0 saturated carbocycles. The van der Waals surface area contributed by atoms with Gasteiger partial charge in [0.15, 0.2) is 6.67 Å². The van der Waals surface area contributed by atoms with Gasteiger partial charge in [-0.2, -0.15) is 46.5 Å². The monoisotopic (exact) mass is 620 g/mol. The smallest absolute Gasteiger partial charge is 0.160 e. The van der Waals surface area contributed by atoms with Crippen LogP contribution in [0.1, 0.15) is 118 Å². The quantitative estimate of drug-likeness (QED) is 0.119. The number of hydrogen-bond donors (Lipinski definition) is 0. The molecule has 4 heteroatoms. The van der Waals surface area contributed by atoms with Crippen LogP contribution >= 0.6 is 0 Å². The normalized spacial score (nSPS) is 14.3. The molecule has 0 amide bonds. The van der Waals surface area contributed by atoms with Gasteiger partial charge < -0.3 is 4.58 Å². The Kier molecular flexibility index (Phi) is 9.31. The second-order valence-electron chi connectivity index (χ2n) is 14.0. The third kappa shape index (κ3) is 6.47. The number of hydrogen-bond acceptors (Lipinski definition) is 2. The molecule has 0 atom stereocenters. The molecule has 4 nitrogen and oxygen atoms in total. The Balaban J connectivity index is 1.36. The number of benzene rings is 4. The highest BCUT2D eigenvalue weighted by Crippen LogP contribution is 2.35. The van der Waals surface area contributed by atoms with Crippen LogP contribution in [0.15, 0.2) is 102 Å². The van der Waals surface area contributed by atoms with Crippen molar-refractivity contribution in [1.29, 1.82) is 0 Å². The Morgan fingerprint density at radius 2 is 1.36 bits per heavy atom. The van der Waals surface area contributed by atoms with E-state index in [1.165, 1.54) is 44.6 Å². The molecule has 0 radical (unpaired) electrons. The Morgan fingerprint density at radius 1 is 0.745 bits per heavy atom. The highest BCUT2D eigenvalue weighted by atomic mass is 15.2. The van der Waals surface area contributed by atoms with E-state index in [4.69, 9.17) is 4.98 Å². The first-order valence-corrected chi connectivity index (χ1v) is 17.1. The topological polar surface area (TPSA) is 33.2 Å². The highest BCUT2D eigenvalue weighted by molar-refractivity contribution is 5.84. The van der Waals surface area contributed by atoms with Gasteiger partial charge in [0.25, 0.3) is 0 Å². The van der Waals surface area contributed by atoms with E-state index in [9.17, 15) is 0 Å². The fourth-order valence-electron chi connectivity index (χ4n) is 6.89. The van der Waals surface area contributed by atoms with Gasteiger partial charge in [-0.1, -0.05) is 110 Å². The first-order valence-electron chi connectivity index (χ1n) is 17.1. The molecule has 5 aromatic rings. The minimum absolute atomic E-state index is 0.407. The Morgan fingerprint density at radius 3 is 2.00 bits per heavy atom. The molecule has 0 saturated heterocycles. The second kappa shape index (κ2) is 13.6. The van der Waals surface area contributed by atoms with Gasteiger partial charge in [-0.05, 0) is 41.0 Å². The molecule has 0 N–H and O–H groups in total. The van der Waals surface area contributed by atoms with Crippen molar-refractivity contribution in [2.24, 2.45) is 4.99 Å². The lowest BCUT2D eigenvalue weighted by Crippen LogP contribution is -2.31. The molecule has 0 spiro atoms. The fraction of sp³-hybridized carbons (Fsp3) is 0.302. The van der Waals surface area contributed by atoms with Gasteiger partial charge in [0, 0.05) is 24.0 Å². The average molecular weight is 621 g/mol. The lowest BCUT2D eigenvalue weighted by Gasteiger charge is -2.34. The third-order valence-corrected chi connectivity index (χ3v) is 9.27. The van der Waals surface area contributed by atoms with Crippen molar-refractivity contribution in [3.8, 4) is 17.1 Å². The van der Waals surface area contributed by atoms with Gasteiger partial charge in [-0.25, -0.2) is 4.98 Å². The van der Waals surface area contributed by atoms with Crippen LogP contribution < -0.4 is 9.93 Å². The summed E-state index contributed by atoms with van der Waals surface area (Å²) >= 11 is 0. The summed E-state index contributed by atoms with van der Waals surface area (Å²) in [5, 5.41) is 1.13. The Bertz CT molecular complexity index is 1910. The van der Waals surface area contributed by atoms with Crippen LogP contribution in [0.25, 0.3) is 17.1 Å². The molecule has 1 aliphatic heterocycles. The number of aliphatic imine (C=N–C) groups is 1. The summed E-state index contributed by atoms with van der Waals surface area (Å²) in [7, 11) is 0. The maximum absolute atomic E-state index is 4.89. The third-order valence-electron chi connectivity index (χ3n) is 9.27. The van der Waals surface area contributed by atoms with Crippen molar-refractivity contribution < 1.29 is 0 Å². The van der Waals surface area contributed by atoms with Crippen LogP contribution in [0.3, 0.4) is 0 Å². The summed E-state index contributed by atoms with van der Waals surface area (Å²) in [5.41, 5.74) is 11.6. The summed E-state index contributed by atoms with van der Waals surface area (Å²) in [4.78, 5) is 9.54. The van der Waals surface area contributed by atoms with Crippen LogP contribution in [-0.4, -0.2) is 15.8 Å². The number of para-hydroxylation sites is 1. The van der Waals surface area contributed by atoms with Crippen LogP contribution in [0.5, 0.6) is 0 Å². The largest absolute Gasteiger partial charge is 0.408 e. The van der Waals surface area contributed by atoms with Crippen molar-refractivity contribution in [2.75, 3.05) is 0 Å². The summed E-state index contributed by atoms with van der Waals surface area (Å²) in [5.74, 6) is 2.62. The molecule has 0 fully saturated rings. The number of rotatable bonds is 9. The van der Waals surface area contributed by atoms with E-state index in [0.29, 0.717) is 23.7 Å². The van der Waals surface area contributed by atoms with Crippen molar-refractivity contribution in [1.82, 2.24) is 14.1 Å². The average Bonchev–Trinajstić information content (AvgIpc) is 3.75. The zero-order chi connectivity index (χ0) is 33.2. The Hall–Kier alpha value is -4.70. The first-order chi connectivity index (χ1) is 22.6. The van der Waals surface area contributed by atoms with Gasteiger partial charge >= 0.3 is 0 Å². The molecule has 47 heavy (non-hydrogen) atoms. The molecule has 242 valence electrons. The molecule has 6 rings (SSSR count). The maximum Gasteiger partial charge on any atom is 0.160 e. The fourth-order valence-corrected chi connectivity index (χ4v) is 6.89. The predicted octanol–water partition coefficient (Wildman–Crippen LogP) is 9.90. The Labute approximate surface area is 281 Å². The molecule has 0 unspecified atom stereocenters. The minimum Gasteiger partial charge on any atom is -0.408 e. The van der Waals surface area contributed by atoms with Crippen molar-refractivity contribution in [3.63, 3.8) is 0 Å². The maximum atomic E-state index is 4.89. The zero-order valence-electron chi connectivity index (χ0n) is 29.2. The van der Waals surface area contributed by atoms with E-state index in [0.717, 1.165) is 29.2 Å². The number of aromatic nitrogens is 2. The lowest BCUT2D eigenvalue weighted by atomic mass is 9.85. The van der Waals surface area contributed by atoms with Gasteiger partial charge in [0.1, 0.15) is 5.82 Å². The van der Waals surface area contributed by atoms with E-state index in [1.807, 2.05) is 19.1 Å². The molecule has 1 aliphatic rings. The van der Waals surface area contributed by atoms with Gasteiger partial charge in [-0.3, -0.25) is 4.57 Å². The van der Waals surface area contributed by atoms with Gasteiger partial charge in [0.05, 0.1) is 11.9 Å². The molecule has 4 aromatic carbocycles. The second-order valence-corrected chi connectivity index (χ2v) is 14.0. The molecule has 2 heterocycles. The van der Waals surface area contributed by atoms with E-state index < -0.39 is 0 Å². The molecule has 0 bridgehead atoms. The summed E-state index contributed by atoms with van der Waals surface area (Å²) < 4.78 is 4.55. The first kappa shape index (κ1) is 32.2. The van der Waals surface area contributed by atoms with Crippen LogP contribution in [0, 0.1) is 12.7 Å². The molecular formula is C43H48N4-2. The van der Waals surface area contributed by atoms with E-state index in [2.05, 4.69) is 161 Å². The number of imidazole rings is 1. The van der Waals surface area contributed by atoms with Crippen LogP contribution in [-0.2, 0) is 6.42 Å². The SMILES string of the molecule is CC(C)c1cccc(C(C)C)c1[C-]1C=N[CH-][N+]1=c1cc[cH-]c(Cc2cccc(-c3nccn3-c3c(C(C)C)cccc3C(C)C)c2)c1. The lowest BCUT2D eigenvalue weighted by molar-refractivity contribution is 0.746.